The van der Waals surface area contributed by atoms with Crippen molar-refractivity contribution in [2.45, 2.75) is 138 Å². The second-order valence-electron chi connectivity index (χ2n) is 12.6. The predicted molar refractivity (Wildman–Crippen MR) is 169 cm³/mol. The van der Waals surface area contributed by atoms with Crippen LogP contribution >= 0.6 is 0 Å². The van der Waals surface area contributed by atoms with Gasteiger partial charge in [0, 0.05) is 25.2 Å². The van der Waals surface area contributed by atoms with Crippen LogP contribution in [0.25, 0.3) is 0 Å². The van der Waals surface area contributed by atoms with Crippen molar-refractivity contribution in [2.75, 3.05) is 39.5 Å². The van der Waals surface area contributed by atoms with Crippen molar-refractivity contribution in [3.63, 3.8) is 0 Å². The first-order chi connectivity index (χ1) is 23.8. The molecule has 3 saturated heterocycles. The van der Waals surface area contributed by atoms with Gasteiger partial charge in [0.05, 0.1) is 26.4 Å². The quantitative estimate of drug-likeness (QED) is 0.0523. The number of aliphatic hydroxyl groups is 10. The molecular weight excluding hydrogens is 672 g/mol. The summed E-state index contributed by atoms with van der Waals surface area (Å²) in [6, 6.07) is 0. The molecule has 1 amide bonds. The van der Waals surface area contributed by atoms with Gasteiger partial charge in [-0.1, -0.05) is 19.4 Å². The van der Waals surface area contributed by atoms with Crippen molar-refractivity contribution >= 4 is 5.91 Å². The van der Waals surface area contributed by atoms with Gasteiger partial charge in [0.1, 0.15) is 73.2 Å². The molecule has 0 aliphatic carbocycles. The van der Waals surface area contributed by atoms with Gasteiger partial charge >= 0.3 is 0 Å². The average Bonchev–Trinajstić information content (AvgIpc) is 3.10. The molecule has 15 atom stereocenters. The molecule has 19 nitrogen and oxygen atoms in total. The maximum atomic E-state index is 12.3. The Hall–Kier alpha value is -1.63. The highest BCUT2D eigenvalue weighted by Crippen LogP contribution is 2.31. The number of allylic oxidation sites excluding steroid dienone is 1. The number of ether oxygens (including phenoxy) is 6. The fraction of sp³-hybridized carbons (Fsp3) is 0.903. The smallest absolute Gasteiger partial charge is 0.220 e. The number of rotatable bonds is 20. The Kier molecular flexibility index (Phi) is 18.1. The van der Waals surface area contributed by atoms with Crippen molar-refractivity contribution in [3.05, 3.63) is 12.3 Å². The predicted octanol–water partition coefficient (Wildman–Crippen LogP) is -4.97. The zero-order valence-electron chi connectivity index (χ0n) is 28.2. The molecule has 0 unspecified atom stereocenters. The fourth-order valence-corrected chi connectivity index (χ4v) is 5.84. The van der Waals surface area contributed by atoms with Crippen LogP contribution in [0.1, 0.15) is 45.4 Å². The van der Waals surface area contributed by atoms with Gasteiger partial charge in [-0.15, -0.1) is 0 Å². The molecule has 0 spiro atoms. The Balaban J connectivity index is 1.58. The Morgan fingerprint density at radius 2 is 1.18 bits per heavy atom. The topological polar surface area (TPSA) is 299 Å². The van der Waals surface area contributed by atoms with E-state index in [2.05, 4.69) is 17.2 Å². The van der Waals surface area contributed by atoms with E-state index in [1.54, 1.807) is 0 Å². The van der Waals surface area contributed by atoms with Gasteiger partial charge < -0.3 is 90.1 Å². The maximum Gasteiger partial charge on any atom is 0.220 e. The van der Waals surface area contributed by atoms with Crippen molar-refractivity contribution in [1.82, 2.24) is 10.6 Å². The van der Waals surface area contributed by atoms with Gasteiger partial charge in [0.2, 0.25) is 5.91 Å². The van der Waals surface area contributed by atoms with Gasteiger partial charge in [-0.05, 0) is 26.2 Å². The van der Waals surface area contributed by atoms with Gasteiger partial charge in [-0.2, -0.15) is 0 Å². The summed E-state index contributed by atoms with van der Waals surface area (Å²) in [6.07, 6.45) is -20.0. The van der Waals surface area contributed by atoms with Crippen LogP contribution in [0.2, 0.25) is 0 Å². The van der Waals surface area contributed by atoms with Crippen LogP contribution < -0.4 is 10.6 Å². The third-order valence-electron chi connectivity index (χ3n) is 8.82. The van der Waals surface area contributed by atoms with Gasteiger partial charge in [0.15, 0.2) is 18.9 Å². The fourth-order valence-electron chi connectivity index (χ4n) is 5.84. The Labute approximate surface area is 290 Å². The molecule has 3 aliphatic heterocycles. The second kappa shape index (κ2) is 21.2. The number of unbranched alkanes of at least 4 members (excludes halogenated alkanes) is 3. The average molecular weight is 729 g/mol. The highest BCUT2D eigenvalue weighted by atomic mass is 16.7. The van der Waals surface area contributed by atoms with E-state index in [0.717, 1.165) is 37.9 Å². The summed E-state index contributed by atoms with van der Waals surface area (Å²) in [5, 5.41) is 108. The summed E-state index contributed by atoms with van der Waals surface area (Å²) in [5.41, 5.74) is 0.992. The van der Waals surface area contributed by atoms with Crippen LogP contribution in [0.3, 0.4) is 0 Å². The molecule has 292 valence electrons. The summed E-state index contributed by atoms with van der Waals surface area (Å²) in [5.74, 6) is -0.208. The third kappa shape index (κ3) is 11.7. The molecule has 19 heteroatoms. The molecule has 50 heavy (non-hydrogen) atoms. The lowest BCUT2D eigenvalue weighted by Gasteiger charge is -2.46. The van der Waals surface area contributed by atoms with E-state index in [1.807, 2.05) is 6.92 Å². The first-order valence-corrected chi connectivity index (χ1v) is 17.0. The van der Waals surface area contributed by atoms with Crippen molar-refractivity contribution in [2.24, 2.45) is 0 Å². The Bertz CT molecular complexity index is 1010. The van der Waals surface area contributed by atoms with E-state index >= 15 is 0 Å². The molecule has 3 fully saturated rings. The summed E-state index contributed by atoms with van der Waals surface area (Å²) >= 11 is 0. The molecule has 0 aromatic heterocycles. The molecule has 3 heterocycles. The summed E-state index contributed by atoms with van der Waals surface area (Å²) < 4.78 is 33.3. The van der Waals surface area contributed by atoms with Gasteiger partial charge in [-0.25, -0.2) is 0 Å². The molecule has 3 rings (SSSR count). The maximum absolute atomic E-state index is 12.3. The van der Waals surface area contributed by atoms with E-state index in [9.17, 15) is 55.9 Å². The van der Waals surface area contributed by atoms with E-state index < -0.39 is 112 Å². The minimum atomic E-state index is -1.87. The molecule has 0 saturated carbocycles. The lowest BCUT2D eigenvalue weighted by atomic mass is 9.96. The molecule has 3 aliphatic rings. The first-order valence-electron chi connectivity index (χ1n) is 17.0. The summed E-state index contributed by atoms with van der Waals surface area (Å²) in [4.78, 5) is 12.3. The third-order valence-corrected chi connectivity index (χ3v) is 8.82. The Morgan fingerprint density at radius 3 is 1.78 bits per heavy atom. The monoisotopic (exact) mass is 728 g/mol. The molecule has 12 N–H and O–H groups in total. The zero-order chi connectivity index (χ0) is 37.0. The minimum absolute atomic E-state index is 0.0285. The first kappa shape index (κ1) is 42.8. The van der Waals surface area contributed by atoms with Crippen molar-refractivity contribution < 1.29 is 84.3 Å². The number of carbonyl (C=O) groups excluding carboxylic acids is 1. The van der Waals surface area contributed by atoms with Crippen molar-refractivity contribution in [1.29, 1.82) is 0 Å². The number of aliphatic hydroxyl groups excluding tert-OH is 10. The van der Waals surface area contributed by atoms with Crippen LogP contribution in [0.5, 0.6) is 0 Å². The number of carbonyl (C=O) groups is 1. The SMILES string of the molecule is C=C(CCCCCCC(=O)NCCO[C@H]1O[C@H](CO[C@H]2O[C@H](CO)[C@@H](O)[C@H](O)[C@@H]2O)[C@@H](O)[C@H](O[C@H]2O[C@H](CO)[C@@H](O)[C@H](O)[C@@H]2O)[C@@H]1O)NCC. The minimum Gasteiger partial charge on any atom is -0.394 e. The molecule has 0 radical (unpaired) electrons. The summed E-state index contributed by atoms with van der Waals surface area (Å²) in [6.45, 7) is 4.58. The van der Waals surface area contributed by atoms with E-state index in [0.29, 0.717) is 12.8 Å². The highest BCUT2D eigenvalue weighted by molar-refractivity contribution is 5.75. The molecule has 0 aromatic rings. The van der Waals surface area contributed by atoms with Crippen LogP contribution in [0.15, 0.2) is 12.3 Å². The molecule has 0 aromatic carbocycles. The highest BCUT2D eigenvalue weighted by Gasteiger charge is 2.52. The van der Waals surface area contributed by atoms with E-state index in [1.165, 1.54) is 0 Å². The van der Waals surface area contributed by atoms with Crippen LogP contribution in [-0.4, -0.2) is 189 Å². The van der Waals surface area contributed by atoms with Crippen LogP contribution in [0, 0.1) is 0 Å². The number of hydrogen-bond acceptors (Lipinski definition) is 18. The second-order valence-corrected chi connectivity index (χ2v) is 12.6. The Morgan fingerprint density at radius 1 is 0.640 bits per heavy atom. The van der Waals surface area contributed by atoms with Crippen molar-refractivity contribution in [3.8, 4) is 0 Å². The van der Waals surface area contributed by atoms with Crippen LogP contribution in [-0.2, 0) is 33.2 Å². The number of amides is 1. The van der Waals surface area contributed by atoms with Gasteiger partial charge in [0.25, 0.3) is 0 Å². The van der Waals surface area contributed by atoms with Crippen LogP contribution in [0.4, 0.5) is 0 Å². The zero-order valence-corrected chi connectivity index (χ0v) is 28.2. The molecular formula is C31H56N2O17. The number of nitrogens with one attached hydrogen (secondary N) is 2. The lowest BCUT2D eigenvalue weighted by Crippen LogP contribution is -2.65. The van der Waals surface area contributed by atoms with Gasteiger partial charge in [-0.3, -0.25) is 4.79 Å². The molecule has 0 bridgehead atoms. The normalized spacial score (nSPS) is 39.2. The number of hydrogen-bond donors (Lipinski definition) is 12. The largest absolute Gasteiger partial charge is 0.394 e. The standard InChI is InChI=1S/C31H56N2O17/c1-3-32-15(2)8-6-4-5-7-9-19(36)33-10-11-45-30-27(44)28(50-31-26(43)24(41)21(38)17(13-35)48-31)22(39)18(49-30)14-46-29-25(42)23(40)20(37)16(12-34)47-29/h16-18,20-32,34-35,37-44H,2-14H2,1H3,(H,33,36)/t16-,17-,18-,20-,21-,22-,23+,24+,25+,26+,27+,28+,29+,30+,31-/m1/s1. The van der Waals surface area contributed by atoms with E-state index in [-0.39, 0.29) is 19.1 Å². The summed E-state index contributed by atoms with van der Waals surface area (Å²) in [7, 11) is 0. The van der Waals surface area contributed by atoms with E-state index in [4.69, 9.17) is 28.4 Å². The lowest BCUT2D eigenvalue weighted by molar-refractivity contribution is -0.366.